The van der Waals surface area contributed by atoms with E-state index in [-0.39, 0.29) is 17.0 Å². The molecule has 1 aliphatic heterocycles. The van der Waals surface area contributed by atoms with Crippen molar-refractivity contribution in [2.75, 3.05) is 19.6 Å². The van der Waals surface area contributed by atoms with Gasteiger partial charge in [0.25, 0.3) is 0 Å². The third kappa shape index (κ3) is 2.94. The second kappa shape index (κ2) is 6.29. The minimum Gasteiger partial charge on any atom is -0.349 e. The van der Waals surface area contributed by atoms with Crippen molar-refractivity contribution in [3.8, 4) is 0 Å². The summed E-state index contributed by atoms with van der Waals surface area (Å²) in [6.45, 7) is 2.70. The van der Waals surface area contributed by atoms with Gasteiger partial charge >= 0.3 is 0 Å². The van der Waals surface area contributed by atoms with Crippen LogP contribution in [-0.4, -0.2) is 56.2 Å². The van der Waals surface area contributed by atoms with Gasteiger partial charge in [0.2, 0.25) is 5.91 Å². The molecular formula is C19H30N6O. The normalized spacial score (nSPS) is 39.7. The summed E-state index contributed by atoms with van der Waals surface area (Å²) in [7, 11) is 0. The van der Waals surface area contributed by atoms with Crippen LogP contribution in [0.2, 0.25) is 0 Å². The lowest BCUT2D eigenvalue weighted by Crippen LogP contribution is -2.66. The number of nitrogens with one attached hydrogen (secondary N) is 1. The second-order valence-corrected chi connectivity index (χ2v) is 9.43. The highest BCUT2D eigenvalue weighted by Gasteiger charge is 2.60. The number of amides is 1. The van der Waals surface area contributed by atoms with E-state index in [2.05, 4.69) is 25.6 Å². The molecule has 2 heterocycles. The van der Waals surface area contributed by atoms with E-state index in [9.17, 15) is 4.79 Å². The van der Waals surface area contributed by atoms with Crippen LogP contribution in [0.1, 0.15) is 64.2 Å². The maximum absolute atomic E-state index is 12.9. The second-order valence-electron chi connectivity index (χ2n) is 9.43. The summed E-state index contributed by atoms with van der Waals surface area (Å²) < 4.78 is 0. The predicted octanol–water partition coefficient (Wildman–Crippen LogP) is 1.71. The molecule has 2 unspecified atom stereocenters. The first-order valence-electron chi connectivity index (χ1n) is 10.4. The van der Waals surface area contributed by atoms with Crippen molar-refractivity contribution in [2.24, 2.45) is 11.8 Å². The van der Waals surface area contributed by atoms with E-state index in [4.69, 9.17) is 0 Å². The first-order valence-corrected chi connectivity index (χ1v) is 10.4. The van der Waals surface area contributed by atoms with E-state index in [1.165, 1.54) is 32.1 Å². The zero-order valence-electron chi connectivity index (χ0n) is 15.6. The summed E-state index contributed by atoms with van der Waals surface area (Å²) in [6, 6.07) is 0. The van der Waals surface area contributed by atoms with Gasteiger partial charge in [-0.2, -0.15) is 4.80 Å². The molecule has 1 aromatic rings. The van der Waals surface area contributed by atoms with Gasteiger partial charge in [0.05, 0.1) is 12.1 Å². The number of tetrazole rings is 1. The number of hydrogen-bond donors (Lipinski definition) is 1. The van der Waals surface area contributed by atoms with Gasteiger partial charge in [0, 0.05) is 5.54 Å². The molecule has 1 N–H and O–H groups in total. The van der Waals surface area contributed by atoms with E-state index in [1.807, 2.05) is 4.80 Å². The molecule has 0 radical (unpaired) electrons. The first-order chi connectivity index (χ1) is 12.6. The van der Waals surface area contributed by atoms with Gasteiger partial charge in [0.1, 0.15) is 0 Å². The Balaban J connectivity index is 1.31. The van der Waals surface area contributed by atoms with Gasteiger partial charge in [-0.15, -0.1) is 10.2 Å². The largest absolute Gasteiger partial charge is 0.349 e. The average Bonchev–Trinajstić information content (AvgIpc) is 3.01. The molecule has 6 rings (SSSR count). The summed E-state index contributed by atoms with van der Waals surface area (Å²) in [5.74, 6) is 1.58. The third-order valence-electron chi connectivity index (χ3n) is 7.27. The Morgan fingerprint density at radius 3 is 2.46 bits per heavy atom. The van der Waals surface area contributed by atoms with Crippen molar-refractivity contribution < 1.29 is 4.79 Å². The Hall–Kier alpha value is -1.50. The van der Waals surface area contributed by atoms with Crippen LogP contribution < -0.4 is 5.32 Å². The summed E-state index contributed by atoms with van der Waals surface area (Å²) in [5.41, 5.74) is -0.0862. The Kier molecular flexibility index (Phi) is 4.03. The van der Waals surface area contributed by atoms with Gasteiger partial charge < -0.3 is 5.32 Å². The lowest BCUT2D eigenvalue weighted by Gasteiger charge is -2.61. The Labute approximate surface area is 154 Å². The van der Waals surface area contributed by atoms with Gasteiger partial charge in [-0.1, -0.05) is 12.8 Å². The smallest absolute Gasteiger partial charge is 0.234 e. The van der Waals surface area contributed by atoms with Crippen molar-refractivity contribution in [2.45, 2.75) is 75.3 Å². The lowest BCUT2D eigenvalue weighted by atomic mass is 9.50. The van der Waals surface area contributed by atoms with Crippen LogP contribution >= 0.6 is 0 Å². The molecule has 4 aliphatic carbocycles. The van der Waals surface area contributed by atoms with E-state index < -0.39 is 0 Å². The van der Waals surface area contributed by atoms with E-state index in [1.54, 1.807) is 6.33 Å². The maximum Gasteiger partial charge on any atom is 0.234 e. The van der Waals surface area contributed by atoms with Crippen molar-refractivity contribution in [1.82, 2.24) is 30.4 Å². The van der Waals surface area contributed by atoms with Crippen molar-refractivity contribution in [3.05, 3.63) is 6.33 Å². The summed E-state index contributed by atoms with van der Waals surface area (Å²) in [5, 5.41) is 16.1. The molecule has 26 heavy (non-hydrogen) atoms. The monoisotopic (exact) mass is 358 g/mol. The lowest BCUT2D eigenvalue weighted by molar-refractivity contribution is -0.132. The van der Waals surface area contributed by atoms with Gasteiger partial charge in [-0.3, -0.25) is 9.69 Å². The average molecular weight is 358 g/mol. The predicted molar refractivity (Wildman–Crippen MR) is 96.3 cm³/mol. The highest BCUT2D eigenvalue weighted by atomic mass is 16.2. The topological polar surface area (TPSA) is 75.9 Å². The summed E-state index contributed by atoms with van der Waals surface area (Å²) >= 11 is 0. The fourth-order valence-corrected chi connectivity index (χ4v) is 6.81. The standard InChI is InChI=1S/C19H30N6O/c26-17(12-24-5-3-1-2-4-6-24)22-18-8-15-7-16(9-18)11-19(10-15,13-18)25-21-14-20-23-25/h14-16H,1-13H2,(H,22,26). The number of nitrogens with zero attached hydrogens (tertiary/aromatic N) is 5. The Bertz CT molecular complexity index is 637. The van der Waals surface area contributed by atoms with Crippen LogP contribution in [0.25, 0.3) is 0 Å². The third-order valence-corrected chi connectivity index (χ3v) is 7.27. The molecule has 4 saturated carbocycles. The molecule has 1 aromatic heterocycles. The fourth-order valence-electron chi connectivity index (χ4n) is 6.81. The molecule has 5 fully saturated rings. The molecule has 0 spiro atoms. The van der Waals surface area contributed by atoms with E-state index >= 15 is 0 Å². The molecule has 4 bridgehead atoms. The maximum atomic E-state index is 12.9. The first kappa shape index (κ1) is 16.7. The highest BCUT2D eigenvalue weighted by Crippen LogP contribution is 2.60. The fraction of sp³-hybridized carbons (Fsp3) is 0.895. The number of hydrogen-bond acceptors (Lipinski definition) is 5. The molecule has 1 saturated heterocycles. The molecule has 7 heteroatoms. The Morgan fingerprint density at radius 2 is 1.81 bits per heavy atom. The van der Waals surface area contributed by atoms with Gasteiger partial charge in [-0.25, -0.2) is 0 Å². The van der Waals surface area contributed by atoms with Crippen LogP contribution in [0.3, 0.4) is 0 Å². The summed E-state index contributed by atoms with van der Waals surface area (Å²) in [4.78, 5) is 17.1. The Morgan fingerprint density at radius 1 is 1.08 bits per heavy atom. The molecule has 2 atom stereocenters. The van der Waals surface area contributed by atoms with Crippen LogP contribution in [0.4, 0.5) is 0 Å². The number of likely N-dealkylation sites (tertiary alicyclic amines) is 1. The van der Waals surface area contributed by atoms with Gasteiger partial charge in [0.15, 0.2) is 6.33 Å². The van der Waals surface area contributed by atoms with Crippen molar-refractivity contribution in [3.63, 3.8) is 0 Å². The van der Waals surface area contributed by atoms with Crippen molar-refractivity contribution in [1.29, 1.82) is 0 Å². The minimum absolute atomic E-state index is 0.0313. The highest BCUT2D eigenvalue weighted by molar-refractivity contribution is 5.79. The van der Waals surface area contributed by atoms with Gasteiger partial charge in [-0.05, 0) is 81.5 Å². The van der Waals surface area contributed by atoms with E-state index in [0.717, 1.165) is 45.2 Å². The number of rotatable bonds is 4. The molecule has 0 aromatic carbocycles. The van der Waals surface area contributed by atoms with Crippen molar-refractivity contribution >= 4 is 5.91 Å². The van der Waals surface area contributed by atoms with E-state index in [0.29, 0.717) is 18.4 Å². The number of carbonyl (C=O) groups is 1. The van der Waals surface area contributed by atoms with Crippen LogP contribution in [0.5, 0.6) is 0 Å². The molecule has 142 valence electrons. The molecule has 7 nitrogen and oxygen atoms in total. The molecule has 1 amide bonds. The quantitative estimate of drug-likeness (QED) is 0.887. The number of carbonyl (C=O) groups excluding carboxylic acids is 1. The van der Waals surface area contributed by atoms with Crippen LogP contribution in [0, 0.1) is 11.8 Å². The zero-order valence-corrected chi connectivity index (χ0v) is 15.6. The van der Waals surface area contributed by atoms with Crippen LogP contribution in [-0.2, 0) is 10.3 Å². The summed E-state index contributed by atoms with van der Waals surface area (Å²) in [6.07, 6.45) is 13.4. The molecular weight excluding hydrogens is 328 g/mol. The zero-order chi connectivity index (χ0) is 17.6. The van der Waals surface area contributed by atoms with Crippen LogP contribution in [0.15, 0.2) is 6.33 Å². The molecule has 5 aliphatic rings. The minimum atomic E-state index is -0.0549. The number of aromatic nitrogens is 4. The SMILES string of the molecule is O=C(CN1CCCCCC1)NC12CC3CC(C1)CC(n1ncnn1)(C3)C2.